The van der Waals surface area contributed by atoms with Gasteiger partial charge < -0.3 is 24.8 Å². The molecule has 0 aliphatic heterocycles. The quantitative estimate of drug-likeness (QED) is 0.385. The number of unbranched alkanes of at least 4 members (excludes halogenated alkanes) is 4. The highest BCUT2D eigenvalue weighted by atomic mass is 16.4. The Morgan fingerprint density at radius 2 is 1.53 bits per heavy atom. The monoisotopic (exact) mass is 438 g/mol. The number of carbonyl (C=O) groups excluding carboxylic acids is 1. The zero-order valence-electron chi connectivity index (χ0n) is 18.5. The van der Waals surface area contributed by atoms with E-state index in [9.17, 15) is 19.8 Å². The van der Waals surface area contributed by atoms with Crippen LogP contribution < -0.4 is 4.90 Å². The molecule has 7 heteroatoms. The van der Waals surface area contributed by atoms with Gasteiger partial charge in [-0.25, -0.2) is 0 Å². The van der Waals surface area contributed by atoms with Crippen molar-refractivity contribution in [3.05, 3.63) is 42.5 Å². The average Bonchev–Trinajstić information content (AvgIpc) is 3.01. The Balaban J connectivity index is 1.92. The van der Waals surface area contributed by atoms with Crippen LogP contribution in [0.3, 0.4) is 0 Å². The maximum absolute atomic E-state index is 12.7. The number of carbonyl (C=O) groups is 2. The van der Waals surface area contributed by atoms with Crippen molar-refractivity contribution in [3.8, 4) is 22.8 Å². The Hall–Kier alpha value is -3.48. The molecule has 0 aliphatic carbocycles. The molecule has 1 heterocycles. The van der Waals surface area contributed by atoms with E-state index in [0.29, 0.717) is 13.0 Å². The first kappa shape index (κ1) is 23.2. The van der Waals surface area contributed by atoms with Crippen LogP contribution in [0.5, 0.6) is 11.5 Å². The highest BCUT2D eigenvalue weighted by Crippen LogP contribution is 2.41. The second-order valence-electron chi connectivity index (χ2n) is 8.09. The molecule has 3 N–H and O–H groups in total. The van der Waals surface area contributed by atoms with Crippen LogP contribution in [-0.4, -0.2) is 38.3 Å². The minimum atomic E-state index is -0.770. The fourth-order valence-electron chi connectivity index (χ4n) is 4.14. The van der Waals surface area contributed by atoms with Gasteiger partial charge >= 0.3 is 5.97 Å². The Morgan fingerprint density at radius 1 is 0.906 bits per heavy atom. The molecule has 2 aromatic carbocycles. The van der Waals surface area contributed by atoms with Crippen LogP contribution in [0.1, 0.15) is 45.4 Å². The largest absolute Gasteiger partial charge is 0.508 e. The zero-order chi connectivity index (χ0) is 23.3. The Labute approximate surface area is 187 Å². The van der Waals surface area contributed by atoms with Gasteiger partial charge in [0.1, 0.15) is 11.5 Å². The summed E-state index contributed by atoms with van der Waals surface area (Å²) in [6, 6.07) is 12.0. The molecule has 170 valence electrons. The number of hydrogen-bond donors (Lipinski definition) is 3. The van der Waals surface area contributed by atoms with Gasteiger partial charge in [0, 0.05) is 37.9 Å². The van der Waals surface area contributed by atoms with Crippen LogP contribution in [0.4, 0.5) is 5.69 Å². The van der Waals surface area contributed by atoms with Gasteiger partial charge in [0.25, 0.3) is 0 Å². The summed E-state index contributed by atoms with van der Waals surface area (Å²) in [7, 11) is 1.92. The third-order valence-electron chi connectivity index (χ3n) is 5.72. The van der Waals surface area contributed by atoms with E-state index in [1.807, 2.05) is 29.8 Å². The number of anilines is 1. The molecule has 3 aromatic rings. The number of nitrogens with zero attached hydrogens (tertiary/aromatic N) is 2. The summed E-state index contributed by atoms with van der Waals surface area (Å²) < 4.78 is 2.00. The predicted molar refractivity (Wildman–Crippen MR) is 125 cm³/mol. The predicted octanol–water partition coefficient (Wildman–Crippen LogP) is 5.03. The second kappa shape index (κ2) is 10.2. The number of aryl methyl sites for hydroxylation is 1. The van der Waals surface area contributed by atoms with Crippen molar-refractivity contribution in [1.82, 2.24) is 4.57 Å². The van der Waals surface area contributed by atoms with Crippen LogP contribution in [0.2, 0.25) is 0 Å². The average molecular weight is 439 g/mol. The Morgan fingerprint density at radius 3 is 2.19 bits per heavy atom. The molecule has 0 unspecified atom stereocenters. The van der Waals surface area contributed by atoms with E-state index in [2.05, 4.69) is 0 Å². The smallest absolute Gasteiger partial charge is 0.303 e. The summed E-state index contributed by atoms with van der Waals surface area (Å²) in [5.41, 5.74) is 3.32. The molecule has 0 saturated heterocycles. The molecule has 3 rings (SSSR count). The molecule has 7 nitrogen and oxygen atoms in total. The lowest BCUT2D eigenvalue weighted by molar-refractivity contribution is -0.137. The number of amides is 1. The number of fused-ring (bicyclic) bond motifs is 1. The van der Waals surface area contributed by atoms with Gasteiger partial charge in [-0.15, -0.1) is 0 Å². The molecule has 0 fully saturated rings. The molecule has 1 amide bonds. The normalized spacial score (nSPS) is 11.1. The molecule has 0 radical (unpaired) electrons. The topological polar surface area (TPSA) is 103 Å². The summed E-state index contributed by atoms with van der Waals surface area (Å²) in [5.74, 6) is -0.568. The first-order chi connectivity index (χ1) is 15.3. The third-order valence-corrected chi connectivity index (χ3v) is 5.72. The number of carboxylic acid groups (broad SMARTS) is 1. The molecule has 1 aromatic heterocycles. The third kappa shape index (κ3) is 5.22. The molecular formula is C25H30N2O5. The van der Waals surface area contributed by atoms with Gasteiger partial charge in [-0.1, -0.05) is 19.3 Å². The second-order valence-corrected chi connectivity index (χ2v) is 8.09. The van der Waals surface area contributed by atoms with E-state index in [1.165, 1.54) is 6.92 Å². The molecule has 0 atom stereocenters. The number of hydrogen-bond acceptors (Lipinski definition) is 4. The zero-order valence-corrected chi connectivity index (χ0v) is 18.5. The maximum Gasteiger partial charge on any atom is 0.303 e. The minimum Gasteiger partial charge on any atom is -0.508 e. The Kier molecular flexibility index (Phi) is 7.41. The van der Waals surface area contributed by atoms with Crippen molar-refractivity contribution in [2.24, 2.45) is 7.05 Å². The summed E-state index contributed by atoms with van der Waals surface area (Å²) in [6.45, 7) is 2.06. The fraction of sp³-hybridized carbons (Fsp3) is 0.360. The van der Waals surface area contributed by atoms with Crippen LogP contribution >= 0.6 is 0 Å². The molecular weight excluding hydrogens is 408 g/mol. The first-order valence-electron chi connectivity index (χ1n) is 10.9. The van der Waals surface area contributed by atoms with E-state index in [0.717, 1.165) is 53.5 Å². The SMILES string of the molecule is CC(=O)N(CCCCCCCC(=O)O)c1c(-c2ccc(O)cc2)n(C)c2ccc(O)cc12. The van der Waals surface area contributed by atoms with Crippen molar-refractivity contribution in [2.75, 3.05) is 11.4 Å². The highest BCUT2D eigenvalue weighted by molar-refractivity contribution is 6.09. The lowest BCUT2D eigenvalue weighted by atomic mass is 10.1. The minimum absolute atomic E-state index is 0.0910. The summed E-state index contributed by atoms with van der Waals surface area (Å²) in [5, 5.41) is 29.4. The number of aromatic hydroxyl groups is 2. The van der Waals surface area contributed by atoms with E-state index in [4.69, 9.17) is 5.11 Å². The molecule has 0 saturated carbocycles. The number of aromatic nitrogens is 1. The molecule has 0 bridgehead atoms. The molecule has 0 spiro atoms. The van der Waals surface area contributed by atoms with Gasteiger partial charge in [-0.3, -0.25) is 9.59 Å². The number of benzene rings is 2. The van der Waals surface area contributed by atoms with Crippen LogP contribution in [0.15, 0.2) is 42.5 Å². The lowest BCUT2D eigenvalue weighted by Gasteiger charge is -2.23. The fourth-order valence-corrected chi connectivity index (χ4v) is 4.14. The van der Waals surface area contributed by atoms with Crippen molar-refractivity contribution >= 4 is 28.5 Å². The number of rotatable bonds is 10. The van der Waals surface area contributed by atoms with Gasteiger partial charge in [0.15, 0.2) is 0 Å². The summed E-state index contributed by atoms with van der Waals surface area (Å²) in [4.78, 5) is 25.1. The van der Waals surface area contributed by atoms with E-state index in [1.54, 1.807) is 29.2 Å². The maximum atomic E-state index is 12.7. The first-order valence-corrected chi connectivity index (χ1v) is 10.9. The number of aliphatic carboxylic acids is 1. The molecule has 0 aliphatic rings. The van der Waals surface area contributed by atoms with Crippen molar-refractivity contribution in [1.29, 1.82) is 0 Å². The van der Waals surface area contributed by atoms with E-state index >= 15 is 0 Å². The van der Waals surface area contributed by atoms with Crippen molar-refractivity contribution in [3.63, 3.8) is 0 Å². The lowest BCUT2D eigenvalue weighted by Crippen LogP contribution is -2.30. The van der Waals surface area contributed by atoms with Crippen LogP contribution in [0, 0.1) is 0 Å². The summed E-state index contributed by atoms with van der Waals surface area (Å²) in [6.07, 6.45) is 4.31. The number of phenolic OH excluding ortho intramolecular Hbond substituents is 2. The number of phenols is 2. The number of carboxylic acids is 1. The van der Waals surface area contributed by atoms with E-state index in [-0.39, 0.29) is 23.8 Å². The van der Waals surface area contributed by atoms with Crippen LogP contribution in [0.25, 0.3) is 22.2 Å². The molecule has 32 heavy (non-hydrogen) atoms. The standard InChI is InChI=1S/C25H30N2O5/c1-17(28)27(15-7-5-3-4-6-8-23(31)32)25-21-16-20(30)13-14-22(21)26(2)24(25)18-9-11-19(29)12-10-18/h9-14,16,29-30H,3-8,15H2,1-2H3,(H,31,32). The highest BCUT2D eigenvalue weighted by Gasteiger charge is 2.24. The van der Waals surface area contributed by atoms with Gasteiger partial charge in [-0.2, -0.15) is 0 Å². The van der Waals surface area contributed by atoms with Crippen LogP contribution in [-0.2, 0) is 16.6 Å². The van der Waals surface area contributed by atoms with Crippen molar-refractivity contribution < 1.29 is 24.9 Å². The van der Waals surface area contributed by atoms with Gasteiger partial charge in [-0.05, 0) is 55.3 Å². The van der Waals surface area contributed by atoms with E-state index < -0.39 is 5.97 Å². The summed E-state index contributed by atoms with van der Waals surface area (Å²) >= 11 is 0. The van der Waals surface area contributed by atoms with Gasteiger partial charge in [0.05, 0.1) is 16.9 Å². The Bertz CT molecular complexity index is 1100. The van der Waals surface area contributed by atoms with Crippen molar-refractivity contribution in [2.45, 2.75) is 45.4 Å². The van der Waals surface area contributed by atoms with Gasteiger partial charge in [0.2, 0.25) is 5.91 Å².